The van der Waals surface area contributed by atoms with Gasteiger partial charge in [-0.2, -0.15) is 0 Å². The van der Waals surface area contributed by atoms with Gasteiger partial charge in [-0.25, -0.2) is 13.1 Å². The second kappa shape index (κ2) is 7.21. The van der Waals surface area contributed by atoms with Gasteiger partial charge in [-0.1, -0.05) is 6.42 Å². The van der Waals surface area contributed by atoms with E-state index < -0.39 is 15.9 Å². The zero-order valence-corrected chi connectivity index (χ0v) is 13.6. The van der Waals surface area contributed by atoms with Gasteiger partial charge in [0.05, 0.1) is 4.90 Å². The molecule has 0 aromatic heterocycles. The van der Waals surface area contributed by atoms with Crippen LogP contribution in [0.25, 0.3) is 0 Å². The number of carbonyl (C=O) groups excluding carboxylic acids is 1. The molecule has 1 atom stereocenters. The SMILES string of the molecule is C[C@@H]1CCCCN1CCNS(=O)(=O)c1ccc(C(N)=O)cc1. The summed E-state index contributed by atoms with van der Waals surface area (Å²) in [4.78, 5) is 13.4. The number of carbonyl (C=O) groups is 1. The highest BCUT2D eigenvalue weighted by Gasteiger charge is 2.19. The van der Waals surface area contributed by atoms with Gasteiger partial charge < -0.3 is 5.73 Å². The molecular formula is C15H23N3O3S. The number of sulfonamides is 1. The highest BCUT2D eigenvalue weighted by atomic mass is 32.2. The van der Waals surface area contributed by atoms with E-state index in [9.17, 15) is 13.2 Å². The summed E-state index contributed by atoms with van der Waals surface area (Å²) >= 11 is 0. The lowest BCUT2D eigenvalue weighted by Gasteiger charge is -2.33. The summed E-state index contributed by atoms with van der Waals surface area (Å²) in [6.07, 6.45) is 3.59. The van der Waals surface area contributed by atoms with Crippen molar-refractivity contribution in [2.24, 2.45) is 5.73 Å². The van der Waals surface area contributed by atoms with Gasteiger partial charge in [0.25, 0.3) is 0 Å². The van der Waals surface area contributed by atoms with Crippen LogP contribution in [-0.2, 0) is 10.0 Å². The number of rotatable bonds is 6. The van der Waals surface area contributed by atoms with Crippen LogP contribution in [0.1, 0.15) is 36.5 Å². The van der Waals surface area contributed by atoms with Gasteiger partial charge in [0.1, 0.15) is 0 Å². The fourth-order valence-electron chi connectivity index (χ4n) is 2.70. The highest BCUT2D eigenvalue weighted by molar-refractivity contribution is 7.89. The lowest BCUT2D eigenvalue weighted by atomic mass is 10.0. The number of nitrogens with one attached hydrogen (secondary N) is 1. The van der Waals surface area contributed by atoms with Crippen LogP contribution in [0, 0.1) is 0 Å². The molecule has 1 aliphatic rings. The van der Waals surface area contributed by atoms with Gasteiger partial charge in [-0.3, -0.25) is 9.69 Å². The first-order valence-electron chi connectivity index (χ1n) is 7.54. The van der Waals surface area contributed by atoms with Gasteiger partial charge in [0.2, 0.25) is 15.9 Å². The lowest BCUT2D eigenvalue weighted by Crippen LogP contribution is -2.42. The maximum atomic E-state index is 12.2. The van der Waals surface area contributed by atoms with Gasteiger partial charge in [-0.15, -0.1) is 0 Å². The fourth-order valence-corrected chi connectivity index (χ4v) is 3.72. The van der Waals surface area contributed by atoms with E-state index >= 15 is 0 Å². The van der Waals surface area contributed by atoms with Crippen molar-refractivity contribution < 1.29 is 13.2 Å². The summed E-state index contributed by atoms with van der Waals surface area (Å²) in [7, 11) is -3.55. The number of amides is 1. The molecule has 0 radical (unpaired) electrons. The number of nitrogens with two attached hydrogens (primary N) is 1. The largest absolute Gasteiger partial charge is 0.366 e. The van der Waals surface area contributed by atoms with Gasteiger partial charge in [-0.05, 0) is 50.6 Å². The number of nitrogens with zero attached hydrogens (tertiary/aromatic N) is 1. The van der Waals surface area contributed by atoms with Gasteiger partial charge >= 0.3 is 0 Å². The Hall–Kier alpha value is -1.44. The molecular weight excluding hydrogens is 302 g/mol. The van der Waals surface area contributed by atoms with Crippen LogP contribution in [0.3, 0.4) is 0 Å². The topological polar surface area (TPSA) is 92.5 Å². The minimum absolute atomic E-state index is 0.143. The van der Waals surface area contributed by atoms with Crippen LogP contribution in [-0.4, -0.2) is 44.9 Å². The standard InChI is InChI=1S/C15H23N3O3S/c1-12-4-2-3-10-18(12)11-9-17-22(20,21)14-7-5-13(6-8-14)15(16)19/h5-8,12,17H,2-4,9-11H2,1H3,(H2,16,19)/t12-/m1/s1. The molecule has 1 aromatic rings. The van der Waals surface area contributed by atoms with E-state index in [1.807, 2.05) is 0 Å². The molecule has 1 saturated heterocycles. The fraction of sp³-hybridized carbons (Fsp3) is 0.533. The van der Waals surface area contributed by atoms with E-state index in [1.54, 1.807) is 0 Å². The Kier molecular flexibility index (Phi) is 5.55. The number of benzene rings is 1. The molecule has 0 saturated carbocycles. The van der Waals surface area contributed by atoms with Crippen LogP contribution in [0.15, 0.2) is 29.2 Å². The molecule has 1 heterocycles. The van der Waals surface area contributed by atoms with Crippen LogP contribution in [0.5, 0.6) is 0 Å². The predicted octanol–water partition coefficient (Wildman–Crippen LogP) is 0.938. The average molecular weight is 325 g/mol. The first-order valence-corrected chi connectivity index (χ1v) is 9.02. The predicted molar refractivity (Wildman–Crippen MR) is 85.0 cm³/mol. The summed E-state index contributed by atoms with van der Waals surface area (Å²) in [5.74, 6) is -0.573. The number of hydrogen-bond donors (Lipinski definition) is 2. The third-order valence-corrected chi connectivity index (χ3v) is 5.56. The van der Waals surface area contributed by atoms with Crippen molar-refractivity contribution in [3.05, 3.63) is 29.8 Å². The van der Waals surface area contributed by atoms with E-state index in [0.717, 1.165) is 6.54 Å². The Morgan fingerprint density at radius 2 is 2.00 bits per heavy atom. The molecule has 1 amide bonds. The second-order valence-corrected chi connectivity index (χ2v) is 7.43. The molecule has 0 bridgehead atoms. The molecule has 3 N–H and O–H groups in total. The van der Waals surface area contributed by atoms with Crippen molar-refractivity contribution in [1.29, 1.82) is 0 Å². The maximum absolute atomic E-state index is 12.2. The smallest absolute Gasteiger partial charge is 0.248 e. The Balaban J connectivity index is 1.91. The summed E-state index contributed by atoms with van der Waals surface area (Å²) in [5, 5.41) is 0. The third kappa shape index (κ3) is 4.28. The minimum atomic E-state index is -3.55. The van der Waals surface area contributed by atoms with E-state index in [0.29, 0.717) is 24.7 Å². The van der Waals surface area contributed by atoms with Crippen molar-refractivity contribution in [3.8, 4) is 0 Å². The zero-order chi connectivity index (χ0) is 16.2. The summed E-state index contributed by atoms with van der Waals surface area (Å²) < 4.78 is 27.0. The number of piperidine rings is 1. The number of primary amides is 1. The third-order valence-electron chi connectivity index (χ3n) is 4.08. The normalized spacial score (nSPS) is 20.0. The lowest BCUT2D eigenvalue weighted by molar-refractivity contribution is 0.1000. The Labute approximate surface area is 131 Å². The van der Waals surface area contributed by atoms with Crippen LogP contribution < -0.4 is 10.5 Å². The van der Waals surface area contributed by atoms with E-state index in [1.165, 1.54) is 43.5 Å². The number of likely N-dealkylation sites (tertiary alicyclic amines) is 1. The van der Waals surface area contributed by atoms with E-state index in [-0.39, 0.29) is 4.90 Å². The van der Waals surface area contributed by atoms with Crippen molar-refractivity contribution in [2.45, 2.75) is 37.1 Å². The quantitative estimate of drug-likeness (QED) is 0.814. The zero-order valence-electron chi connectivity index (χ0n) is 12.8. The van der Waals surface area contributed by atoms with E-state index in [2.05, 4.69) is 16.5 Å². The molecule has 7 heteroatoms. The summed E-state index contributed by atoms with van der Waals surface area (Å²) in [6, 6.07) is 6.14. The average Bonchev–Trinajstić information content (AvgIpc) is 2.49. The van der Waals surface area contributed by atoms with E-state index in [4.69, 9.17) is 5.73 Å². The first-order chi connectivity index (χ1) is 10.4. The minimum Gasteiger partial charge on any atom is -0.366 e. The van der Waals surface area contributed by atoms with Crippen LogP contribution in [0.4, 0.5) is 0 Å². The van der Waals surface area contributed by atoms with Crippen molar-refractivity contribution >= 4 is 15.9 Å². The Bertz CT molecular complexity index is 613. The molecule has 22 heavy (non-hydrogen) atoms. The Morgan fingerprint density at radius 1 is 1.32 bits per heavy atom. The summed E-state index contributed by atoms with van der Waals surface area (Å²) in [6.45, 7) is 4.29. The molecule has 1 fully saturated rings. The molecule has 2 rings (SSSR count). The molecule has 6 nitrogen and oxygen atoms in total. The number of hydrogen-bond acceptors (Lipinski definition) is 4. The molecule has 0 spiro atoms. The highest BCUT2D eigenvalue weighted by Crippen LogP contribution is 2.15. The van der Waals surface area contributed by atoms with Crippen molar-refractivity contribution in [1.82, 2.24) is 9.62 Å². The summed E-state index contributed by atoms with van der Waals surface area (Å²) in [5.41, 5.74) is 5.43. The van der Waals surface area contributed by atoms with Crippen molar-refractivity contribution in [3.63, 3.8) is 0 Å². The Morgan fingerprint density at radius 3 is 2.59 bits per heavy atom. The molecule has 0 unspecified atom stereocenters. The first kappa shape index (κ1) is 16.9. The molecule has 1 aromatic carbocycles. The monoisotopic (exact) mass is 325 g/mol. The van der Waals surface area contributed by atoms with Crippen molar-refractivity contribution in [2.75, 3.05) is 19.6 Å². The second-order valence-electron chi connectivity index (χ2n) is 5.67. The molecule has 1 aliphatic heterocycles. The molecule has 0 aliphatic carbocycles. The van der Waals surface area contributed by atoms with Gasteiger partial charge in [0.15, 0.2) is 0 Å². The van der Waals surface area contributed by atoms with Crippen LogP contribution in [0.2, 0.25) is 0 Å². The van der Waals surface area contributed by atoms with Gasteiger partial charge in [0, 0.05) is 24.7 Å². The molecule has 122 valence electrons. The van der Waals surface area contributed by atoms with Crippen LogP contribution >= 0.6 is 0 Å². The maximum Gasteiger partial charge on any atom is 0.248 e.